The fourth-order valence-electron chi connectivity index (χ4n) is 4.12. The maximum atomic E-state index is 12.9. The summed E-state index contributed by atoms with van der Waals surface area (Å²) in [4.78, 5) is 12.9. The molecule has 0 radical (unpaired) electrons. The Bertz CT molecular complexity index is 987. The van der Waals surface area contributed by atoms with Gasteiger partial charge in [0.05, 0.1) is 17.5 Å². The molecule has 1 amide bonds. The fourth-order valence-corrected chi connectivity index (χ4v) is 4.74. The Balaban J connectivity index is 1.83. The molecule has 152 valence electrons. The van der Waals surface area contributed by atoms with Crippen LogP contribution in [0.3, 0.4) is 0 Å². The third kappa shape index (κ3) is 4.58. The van der Waals surface area contributed by atoms with E-state index in [1.807, 2.05) is 19.9 Å². The van der Waals surface area contributed by atoms with Crippen LogP contribution in [0.25, 0.3) is 0 Å². The highest BCUT2D eigenvalue weighted by Gasteiger charge is 2.22. The number of aryl methyl sites for hydroxylation is 2. The van der Waals surface area contributed by atoms with Gasteiger partial charge < -0.3 is 9.88 Å². The molecule has 2 aromatic rings. The van der Waals surface area contributed by atoms with E-state index in [0.717, 1.165) is 36.0 Å². The first-order valence-corrected chi connectivity index (χ1v) is 11.6. The second-order valence-corrected chi connectivity index (χ2v) is 9.55. The molecule has 1 fully saturated rings. The zero-order valence-electron chi connectivity index (χ0n) is 17.0. The number of sulfonamides is 1. The van der Waals surface area contributed by atoms with Gasteiger partial charge in [-0.1, -0.05) is 25.3 Å². The highest BCUT2D eigenvalue weighted by Crippen LogP contribution is 2.32. The predicted octanol–water partition coefficient (Wildman–Crippen LogP) is 4.54. The molecule has 1 aliphatic carbocycles. The molecule has 1 saturated carbocycles. The van der Waals surface area contributed by atoms with E-state index in [4.69, 9.17) is 0 Å². The molecule has 3 rings (SSSR count). The molecule has 0 unspecified atom stereocenters. The molecule has 0 aliphatic heterocycles. The Morgan fingerprint density at radius 1 is 1.07 bits per heavy atom. The maximum Gasteiger partial charge on any atom is 0.257 e. The number of hydrogen-bond acceptors (Lipinski definition) is 3. The molecule has 1 aromatic heterocycles. The summed E-state index contributed by atoms with van der Waals surface area (Å²) in [6.45, 7) is 5.87. The summed E-state index contributed by atoms with van der Waals surface area (Å²) < 4.78 is 27.9. The molecule has 0 spiro atoms. The maximum absolute atomic E-state index is 12.9. The van der Waals surface area contributed by atoms with Crippen LogP contribution in [0.5, 0.6) is 0 Å². The monoisotopic (exact) mass is 403 g/mol. The van der Waals surface area contributed by atoms with Crippen molar-refractivity contribution < 1.29 is 13.2 Å². The molecule has 28 heavy (non-hydrogen) atoms. The topological polar surface area (TPSA) is 80.2 Å². The Labute approximate surface area is 167 Å². The molecule has 1 aliphatic rings. The van der Waals surface area contributed by atoms with E-state index < -0.39 is 10.0 Å². The van der Waals surface area contributed by atoms with Crippen molar-refractivity contribution in [3.63, 3.8) is 0 Å². The highest BCUT2D eigenvalue weighted by molar-refractivity contribution is 7.92. The summed E-state index contributed by atoms with van der Waals surface area (Å²) in [5.41, 5.74) is 4.58. The van der Waals surface area contributed by atoms with Crippen molar-refractivity contribution in [3.05, 3.63) is 46.8 Å². The van der Waals surface area contributed by atoms with Crippen LogP contribution in [0, 0.1) is 20.8 Å². The summed E-state index contributed by atoms with van der Waals surface area (Å²) in [5, 5.41) is 2.91. The first kappa shape index (κ1) is 20.5. The average Bonchev–Trinajstić information content (AvgIpc) is 2.92. The van der Waals surface area contributed by atoms with Gasteiger partial charge in [-0.15, -0.1) is 0 Å². The highest BCUT2D eigenvalue weighted by atomic mass is 32.2. The van der Waals surface area contributed by atoms with Crippen molar-refractivity contribution in [2.75, 3.05) is 16.3 Å². The van der Waals surface area contributed by atoms with Gasteiger partial charge in [0, 0.05) is 23.1 Å². The van der Waals surface area contributed by atoms with E-state index in [9.17, 15) is 13.2 Å². The number of carbonyl (C=O) groups excluding carboxylic acids is 1. The Kier molecular flexibility index (Phi) is 5.84. The minimum absolute atomic E-state index is 0.177. The fraction of sp³-hybridized carbons (Fsp3) is 0.476. The standard InChI is InChI=1S/C21H29N3O3S/c1-14-10-11-17(13-20(14)23-28(4,26)27)22-21(25)19-12-15(2)24(16(19)3)18-8-6-5-7-9-18/h10-13,18,23H,5-9H2,1-4H3,(H,22,25). The van der Waals surface area contributed by atoms with Crippen LogP contribution < -0.4 is 10.0 Å². The lowest BCUT2D eigenvalue weighted by Crippen LogP contribution is -2.17. The Hall–Kier alpha value is -2.28. The van der Waals surface area contributed by atoms with Gasteiger partial charge in [0.1, 0.15) is 0 Å². The first-order valence-electron chi connectivity index (χ1n) is 9.74. The lowest BCUT2D eigenvalue weighted by molar-refractivity contribution is 0.102. The van der Waals surface area contributed by atoms with Gasteiger partial charge in [0.15, 0.2) is 0 Å². The summed E-state index contributed by atoms with van der Waals surface area (Å²) >= 11 is 0. The van der Waals surface area contributed by atoms with Crippen LogP contribution in [0.2, 0.25) is 0 Å². The number of carbonyl (C=O) groups is 1. The average molecular weight is 404 g/mol. The summed E-state index contributed by atoms with van der Waals surface area (Å²) in [6.07, 6.45) is 7.20. The largest absolute Gasteiger partial charge is 0.345 e. The number of amides is 1. The van der Waals surface area contributed by atoms with E-state index in [-0.39, 0.29) is 5.91 Å². The number of anilines is 2. The quantitative estimate of drug-likeness (QED) is 0.769. The number of nitrogens with one attached hydrogen (secondary N) is 2. The van der Waals surface area contributed by atoms with Crippen LogP contribution in [-0.2, 0) is 10.0 Å². The van der Waals surface area contributed by atoms with E-state index in [2.05, 4.69) is 21.5 Å². The molecule has 2 N–H and O–H groups in total. The van der Waals surface area contributed by atoms with Gasteiger partial charge in [-0.05, 0) is 57.4 Å². The molecule has 1 aromatic carbocycles. The molecule has 0 saturated heterocycles. The molecule has 0 atom stereocenters. The zero-order chi connectivity index (χ0) is 20.5. The number of aromatic nitrogens is 1. The van der Waals surface area contributed by atoms with Crippen molar-refractivity contribution in [2.45, 2.75) is 58.9 Å². The van der Waals surface area contributed by atoms with Crippen LogP contribution in [-0.4, -0.2) is 25.1 Å². The minimum Gasteiger partial charge on any atom is -0.345 e. The number of benzene rings is 1. The second-order valence-electron chi connectivity index (χ2n) is 7.80. The lowest BCUT2D eigenvalue weighted by Gasteiger charge is -2.26. The minimum atomic E-state index is -3.38. The van der Waals surface area contributed by atoms with Crippen molar-refractivity contribution in [3.8, 4) is 0 Å². The summed E-state index contributed by atoms with van der Waals surface area (Å²) in [6, 6.07) is 7.63. The van der Waals surface area contributed by atoms with Crippen LogP contribution in [0.15, 0.2) is 24.3 Å². The van der Waals surface area contributed by atoms with E-state index in [0.29, 0.717) is 23.0 Å². The summed E-state index contributed by atoms with van der Waals surface area (Å²) in [7, 11) is -3.38. The van der Waals surface area contributed by atoms with E-state index in [1.165, 1.54) is 19.3 Å². The Morgan fingerprint density at radius 2 is 1.75 bits per heavy atom. The number of hydrogen-bond donors (Lipinski definition) is 2. The third-order valence-corrected chi connectivity index (χ3v) is 6.05. The van der Waals surface area contributed by atoms with Crippen molar-refractivity contribution in [1.29, 1.82) is 0 Å². The number of rotatable bonds is 5. The Morgan fingerprint density at radius 3 is 2.39 bits per heavy atom. The predicted molar refractivity (Wildman–Crippen MR) is 114 cm³/mol. The smallest absolute Gasteiger partial charge is 0.257 e. The molecule has 0 bridgehead atoms. The van der Waals surface area contributed by atoms with Crippen molar-refractivity contribution in [1.82, 2.24) is 4.57 Å². The van der Waals surface area contributed by atoms with Crippen molar-refractivity contribution in [2.24, 2.45) is 0 Å². The lowest BCUT2D eigenvalue weighted by atomic mass is 9.95. The van der Waals surface area contributed by atoms with Crippen molar-refractivity contribution >= 4 is 27.3 Å². The van der Waals surface area contributed by atoms with Gasteiger partial charge in [-0.25, -0.2) is 8.42 Å². The van der Waals surface area contributed by atoms with E-state index >= 15 is 0 Å². The number of nitrogens with zero attached hydrogens (tertiary/aromatic N) is 1. The normalized spacial score (nSPS) is 15.4. The van der Waals surface area contributed by atoms with Gasteiger partial charge in [-0.2, -0.15) is 0 Å². The zero-order valence-corrected chi connectivity index (χ0v) is 17.8. The molecular formula is C21H29N3O3S. The SMILES string of the molecule is Cc1ccc(NC(=O)c2cc(C)n(C3CCCCC3)c2C)cc1NS(C)(=O)=O. The second kappa shape index (κ2) is 7.99. The molecule has 7 heteroatoms. The van der Waals surface area contributed by atoms with Crippen LogP contribution >= 0.6 is 0 Å². The molecule has 1 heterocycles. The molecule has 6 nitrogen and oxygen atoms in total. The summed E-state index contributed by atoms with van der Waals surface area (Å²) in [5.74, 6) is -0.177. The van der Waals surface area contributed by atoms with Gasteiger partial charge >= 0.3 is 0 Å². The van der Waals surface area contributed by atoms with E-state index in [1.54, 1.807) is 18.2 Å². The van der Waals surface area contributed by atoms with Gasteiger partial charge in [0.2, 0.25) is 10.0 Å². The third-order valence-electron chi connectivity index (χ3n) is 5.46. The molecular weight excluding hydrogens is 374 g/mol. The van der Waals surface area contributed by atoms with Gasteiger partial charge in [-0.3, -0.25) is 9.52 Å². The van der Waals surface area contributed by atoms with Crippen LogP contribution in [0.1, 0.15) is 65.5 Å². The first-order chi connectivity index (χ1) is 13.2. The van der Waals surface area contributed by atoms with Gasteiger partial charge in [0.25, 0.3) is 5.91 Å². The van der Waals surface area contributed by atoms with Crippen LogP contribution in [0.4, 0.5) is 11.4 Å².